The van der Waals surface area contributed by atoms with Gasteiger partial charge in [-0.3, -0.25) is 19.9 Å². The summed E-state index contributed by atoms with van der Waals surface area (Å²) in [7, 11) is 6.11. The Morgan fingerprint density at radius 3 is 1.14 bits per heavy atom. The summed E-state index contributed by atoms with van der Waals surface area (Å²) in [5.41, 5.74) is 28.6. The number of hydrogen-bond acceptors (Lipinski definition) is 17. The second-order valence-electron chi connectivity index (χ2n) is 32.5. The Morgan fingerprint density at radius 1 is 0.283 bits per heavy atom. The Hall–Kier alpha value is -16.6. The third kappa shape index (κ3) is 15.4. The van der Waals surface area contributed by atoms with E-state index in [4.69, 9.17) is 52.0 Å². The van der Waals surface area contributed by atoms with Crippen LogP contribution < -0.4 is 0 Å². The zero-order chi connectivity index (χ0) is 89.7. The number of imidazole rings is 3. The molecule has 0 unspecified atom stereocenters. The molecule has 0 atom stereocenters. The second kappa shape index (κ2) is 36.3. The maximum absolute atomic E-state index is 5.63. The van der Waals surface area contributed by atoms with Crippen LogP contribution in [0, 0.1) is 36.4 Å². The van der Waals surface area contributed by atoms with Gasteiger partial charge in [-0.05, 0) is 158 Å². The molecule has 0 fully saturated rings. The SMILES string of the molecule is Cn1c(-c2[c-]c3c(cc2)c2cc(-c4ncco4)ccc2n3-c2[c-]c(-c3ccc(-c4ncco4)cn3)ccc2)nc2ccccc21.Cn1c(-c2[c-]c3c(cc2)c2cc(-c4ncco4)ccc2n3-c2[c-]c(-c3ccccn3)ccc2)nc2ccc(-c3ncco3)cc21.Cn1c(-c2[c-]c3c(cc2)c2ccccc2n3-c2[c-]c(-c3ccc(-c4ncco4)cn3)ccc2C2=NC=CC2)nc2ccccc21.[Pt+2].[Pt+2].[Pt+2]. The fourth-order valence-corrected chi connectivity index (χ4v) is 18.3. The molecule has 0 saturated heterocycles. The number of aromatic nitrogens is 17. The summed E-state index contributed by atoms with van der Waals surface area (Å²) in [6.45, 7) is 0. The van der Waals surface area contributed by atoms with Crippen LogP contribution in [0.5, 0.6) is 0 Å². The number of aryl methyl sites for hydroxylation is 3. The van der Waals surface area contributed by atoms with E-state index in [2.05, 4.69) is 234 Å². The molecule has 0 spiro atoms. The number of nitrogens with zero attached hydrogens (tertiary/aromatic N) is 18. The standard InChI is InChI=1S/C38H24N6O.2C37H22N6O2.3Pt/c1-43-34-11-5-3-8-32(34)42-37(43)25-13-15-28-27-7-2-4-10-33(27)44(35(28)22-25)36-21-24(12-16-29(36)31-9-6-18-39-31)30-17-14-26(23-41-30)38-40-19-20-45-38;1-42-34-22-26(37-40-16-18-45-37)9-12-31(34)41-35(42)24-8-11-28-29-20-25(36-39-15-17-44-36)10-13-32(29)43(33(28)21-24)27-6-4-5-23(19-27)30-7-2-3-14-38-30;1-42-33-8-3-2-7-31(33)41-35(42)24-9-12-28-29-20-25(36-38-15-17-44-36)11-14-32(29)43(34(28)21-24)27-6-4-5-23(19-27)30-13-10-26(22-40-30)37-39-16-18-45-37;;;/h2-8,10-20,23H,9H2,1H3;2*2-18,20,22H,1H3;;;/q3*-2;3*+2. The molecule has 138 heavy (non-hydrogen) atoms. The molecule has 666 valence electrons. The fourth-order valence-electron chi connectivity index (χ4n) is 18.3. The van der Waals surface area contributed by atoms with Gasteiger partial charge in [-0.15, -0.1) is 155 Å². The smallest absolute Gasteiger partial charge is 0.445 e. The van der Waals surface area contributed by atoms with Gasteiger partial charge in [0.1, 0.15) is 31.3 Å². The molecule has 12 aromatic carbocycles. The summed E-state index contributed by atoms with van der Waals surface area (Å²) in [6, 6.07) is 108. The molecule has 15 heterocycles. The molecule has 1 aliphatic heterocycles. The van der Waals surface area contributed by atoms with Gasteiger partial charge in [0.25, 0.3) is 0 Å². The number of rotatable bonds is 15. The molecule has 26 heteroatoms. The Kier molecular flexibility index (Phi) is 22.9. The summed E-state index contributed by atoms with van der Waals surface area (Å²) in [5, 5.41) is 6.46. The van der Waals surface area contributed by atoms with Gasteiger partial charge in [0, 0.05) is 91.3 Å². The third-order valence-electron chi connectivity index (χ3n) is 24.7. The van der Waals surface area contributed by atoms with Crippen LogP contribution in [0.1, 0.15) is 12.0 Å². The van der Waals surface area contributed by atoms with Gasteiger partial charge >= 0.3 is 63.2 Å². The topological polar surface area (TPSA) is 249 Å². The van der Waals surface area contributed by atoms with Gasteiger partial charge in [0.05, 0.1) is 92.7 Å². The number of hydrogen-bond donors (Lipinski definition) is 0. The second-order valence-corrected chi connectivity index (χ2v) is 32.5. The zero-order valence-electron chi connectivity index (χ0n) is 73.2. The van der Waals surface area contributed by atoms with Crippen molar-refractivity contribution in [3.8, 4) is 142 Å². The molecule has 14 aromatic heterocycles. The first-order valence-corrected chi connectivity index (χ1v) is 43.6. The van der Waals surface area contributed by atoms with Crippen molar-refractivity contribution in [3.05, 3.63) is 390 Å². The van der Waals surface area contributed by atoms with E-state index in [0.29, 0.717) is 29.5 Å². The van der Waals surface area contributed by atoms with E-state index in [1.54, 1.807) is 80.9 Å². The summed E-state index contributed by atoms with van der Waals surface area (Å²) >= 11 is 0. The van der Waals surface area contributed by atoms with Gasteiger partial charge in [-0.2, -0.15) is 0 Å². The Labute approximate surface area is 829 Å². The van der Waals surface area contributed by atoms with E-state index in [1.807, 2.05) is 148 Å². The number of oxazole rings is 5. The molecule has 0 N–H and O–H groups in total. The minimum atomic E-state index is 0. The Balaban J connectivity index is 0.000000118. The summed E-state index contributed by atoms with van der Waals surface area (Å²) in [6.07, 6.45) is 26.2. The summed E-state index contributed by atoms with van der Waals surface area (Å²) < 4.78 is 40.7. The minimum Gasteiger partial charge on any atom is -0.445 e. The first kappa shape index (κ1) is 86.8. The van der Waals surface area contributed by atoms with Crippen molar-refractivity contribution in [2.24, 2.45) is 26.1 Å². The average molecular weight is 2330 g/mol. The van der Waals surface area contributed by atoms with E-state index in [-0.39, 0.29) is 63.2 Å². The fraction of sp³-hybridized carbons (Fsp3) is 0.0357. The van der Waals surface area contributed by atoms with Crippen LogP contribution in [-0.4, -0.2) is 87.9 Å². The van der Waals surface area contributed by atoms with Crippen LogP contribution in [0.3, 0.4) is 0 Å². The first-order chi connectivity index (χ1) is 66.6. The van der Waals surface area contributed by atoms with Crippen LogP contribution in [-0.2, 0) is 84.3 Å². The normalized spacial score (nSPS) is 11.8. The molecular formula is C112H68N18O5Pt3. The molecule has 27 rings (SSSR count). The quantitative estimate of drug-likeness (QED) is 0.0865. The van der Waals surface area contributed by atoms with E-state index in [1.165, 1.54) is 0 Å². The van der Waals surface area contributed by atoms with Crippen LogP contribution in [0.4, 0.5) is 0 Å². The van der Waals surface area contributed by atoms with Crippen molar-refractivity contribution in [1.82, 2.24) is 82.2 Å². The molecular weight excluding hydrogens is 2260 g/mol. The van der Waals surface area contributed by atoms with Gasteiger partial charge < -0.3 is 64.4 Å². The number of pyridine rings is 3. The molecule has 1 aliphatic rings. The number of fused-ring (bicyclic) bond motifs is 12. The van der Waals surface area contributed by atoms with E-state index < -0.39 is 0 Å². The summed E-state index contributed by atoms with van der Waals surface area (Å²) in [4.78, 5) is 55.2. The number of aliphatic imine (C=N–C) groups is 1. The van der Waals surface area contributed by atoms with Crippen molar-refractivity contribution in [2.75, 3.05) is 0 Å². The predicted molar refractivity (Wildman–Crippen MR) is 522 cm³/mol. The number of para-hydroxylation sites is 5. The number of benzene rings is 12. The first-order valence-electron chi connectivity index (χ1n) is 43.6. The van der Waals surface area contributed by atoms with E-state index in [9.17, 15) is 0 Å². The molecule has 0 radical (unpaired) electrons. The van der Waals surface area contributed by atoms with E-state index >= 15 is 0 Å². The maximum Gasteiger partial charge on any atom is 2.00 e. The number of allylic oxidation sites excluding steroid dienone is 1. The van der Waals surface area contributed by atoms with Crippen molar-refractivity contribution in [1.29, 1.82) is 0 Å². The molecule has 0 aliphatic carbocycles. The Bertz CT molecular complexity index is 9130. The molecule has 26 aromatic rings. The molecule has 23 nitrogen and oxygen atoms in total. The molecule has 0 saturated carbocycles. The Morgan fingerprint density at radius 2 is 0.688 bits per heavy atom. The summed E-state index contributed by atoms with van der Waals surface area (Å²) in [5.74, 6) is 5.32. The van der Waals surface area contributed by atoms with Crippen LogP contribution in [0.2, 0.25) is 0 Å². The van der Waals surface area contributed by atoms with Gasteiger partial charge in [0.2, 0.25) is 29.5 Å². The zero-order valence-corrected chi connectivity index (χ0v) is 80.0. The largest absolute Gasteiger partial charge is 2.00 e. The minimum absolute atomic E-state index is 0. The molecule has 0 bridgehead atoms. The van der Waals surface area contributed by atoms with Crippen LogP contribution in [0.15, 0.2) is 375 Å². The van der Waals surface area contributed by atoms with Crippen molar-refractivity contribution in [3.63, 3.8) is 0 Å². The van der Waals surface area contributed by atoms with Crippen LogP contribution >= 0.6 is 0 Å². The molecule has 0 amide bonds. The van der Waals surface area contributed by atoms with Crippen molar-refractivity contribution >= 4 is 104 Å². The predicted octanol–water partition coefficient (Wildman–Crippen LogP) is 25.0. The average Bonchev–Trinajstić information content (AvgIpc) is 1.58. The maximum atomic E-state index is 5.63. The van der Waals surface area contributed by atoms with Gasteiger partial charge in [0.15, 0.2) is 0 Å². The monoisotopic (exact) mass is 2330 g/mol. The van der Waals surface area contributed by atoms with Crippen LogP contribution in [0.25, 0.3) is 241 Å². The third-order valence-corrected chi connectivity index (χ3v) is 24.7. The van der Waals surface area contributed by atoms with Crippen molar-refractivity contribution in [2.45, 2.75) is 6.42 Å². The van der Waals surface area contributed by atoms with Gasteiger partial charge in [-0.25, -0.2) is 24.9 Å². The van der Waals surface area contributed by atoms with Crippen molar-refractivity contribution < 1.29 is 85.3 Å². The van der Waals surface area contributed by atoms with E-state index in [0.717, 1.165) is 229 Å². The van der Waals surface area contributed by atoms with Gasteiger partial charge in [-0.1, -0.05) is 107 Å².